The fourth-order valence-electron chi connectivity index (χ4n) is 1.45. The van der Waals surface area contributed by atoms with Crippen LogP contribution in [0.3, 0.4) is 0 Å². The predicted octanol–water partition coefficient (Wildman–Crippen LogP) is 4.09. The van der Waals surface area contributed by atoms with Crippen LogP contribution in [0.2, 0.25) is 5.02 Å². The van der Waals surface area contributed by atoms with Crippen LogP contribution in [0.4, 0.5) is 0 Å². The number of nitrogens with zero attached hydrogens (tertiary/aromatic N) is 1. The van der Waals surface area contributed by atoms with Gasteiger partial charge in [0.05, 0.1) is 5.02 Å². The molecule has 0 saturated heterocycles. The van der Waals surface area contributed by atoms with Crippen molar-refractivity contribution in [1.29, 1.82) is 0 Å². The fourth-order valence-corrected chi connectivity index (χ4v) is 1.83. The molecule has 78 valence electrons. The standard InChI is InChI=1S/C11H15BrClN/c1-3-10(12)8(2)6-9-4-5-14-7-11(9)13/h4-5,7-8,10H,3,6H2,1-2H3. The molecule has 0 spiro atoms. The smallest absolute Gasteiger partial charge is 0.0621 e. The second kappa shape index (κ2) is 5.72. The molecule has 0 N–H and O–H groups in total. The Morgan fingerprint density at radius 3 is 2.86 bits per heavy atom. The molecule has 0 aliphatic rings. The third kappa shape index (κ3) is 3.25. The zero-order chi connectivity index (χ0) is 10.6. The van der Waals surface area contributed by atoms with Crippen molar-refractivity contribution >= 4 is 27.5 Å². The Morgan fingerprint density at radius 2 is 2.29 bits per heavy atom. The Labute approximate surface area is 99.0 Å². The molecule has 0 radical (unpaired) electrons. The maximum absolute atomic E-state index is 6.04. The van der Waals surface area contributed by atoms with E-state index in [1.54, 1.807) is 12.4 Å². The number of halogens is 2. The van der Waals surface area contributed by atoms with Gasteiger partial charge in [0.1, 0.15) is 0 Å². The van der Waals surface area contributed by atoms with Gasteiger partial charge >= 0.3 is 0 Å². The Morgan fingerprint density at radius 1 is 1.57 bits per heavy atom. The van der Waals surface area contributed by atoms with E-state index >= 15 is 0 Å². The molecule has 0 aliphatic heterocycles. The van der Waals surface area contributed by atoms with Gasteiger partial charge in [0, 0.05) is 17.2 Å². The highest BCUT2D eigenvalue weighted by Crippen LogP contribution is 2.23. The first-order valence-electron chi connectivity index (χ1n) is 4.87. The van der Waals surface area contributed by atoms with Crippen LogP contribution >= 0.6 is 27.5 Å². The van der Waals surface area contributed by atoms with Crippen molar-refractivity contribution in [3.8, 4) is 0 Å². The van der Waals surface area contributed by atoms with Crippen molar-refractivity contribution in [2.45, 2.75) is 31.5 Å². The summed E-state index contributed by atoms with van der Waals surface area (Å²) in [5.74, 6) is 0.597. The number of rotatable bonds is 4. The van der Waals surface area contributed by atoms with E-state index in [1.165, 1.54) is 5.56 Å². The van der Waals surface area contributed by atoms with E-state index in [4.69, 9.17) is 11.6 Å². The van der Waals surface area contributed by atoms with E-state index in [0.717, 1.165) is 17.9 Å². The summed E-state index contributed by atoms with van der Waals surface area (Å²) in [6.45, 7) is 4.42. The first-order valence-corrected chi connectivity index (χ1v) is 6.17. The first kappa shape index (κ1) is 12.0. The second-order valence-electron chi connectivity index (χ2n) is 3.57. The molecule has 1 nitrogen and oxygen atoms in total. The van der Waals surface area contributed by atoms with Gasteiger partial charge in [-0.05, 0) is 30.4 Å². The van der Waals surface area contributed by atoms with Crippen molar-refractivity contribution < 1.29 is 0 Å². The Kier molecular flexibility index (Phi) is 4.90. The number of alkyl halides is 1. The Balaban J connectivity index is 2.64. The van der Waals surface area contributed by atoms with Gasteiger partial charge in [-0.25, -0.2) is 0 Å². The molecule has 1 rings (SSSR count). The zero-order valence-electron chi connectivity index (χ0n) is 8.50. The van der Waals surface area contributed by atoms with Gasteiger partial charge in [0.15, 0.2) is 0 Å². The summed E-state index contributed by atoms with van der Waals surface area (Å²) in [7, 11) is 0. The summed E-state index contributed by atoms with van der Waals surface area (Å²) in [4.78, 5) is 4.54. The summed E-state index contributed by atoms with van der Waals surface area (Å²) < 4.78 is 0. The summed E-state index contributed by atoms with van der Waals surface area (Å²) in [6.07, 6.45) is 5.65. The molecule has 14 heavy (non-hydrogen) atoms. The summed E-state index contributed by atoms with van der Waals surface area (Å²) in [5, 5.41) is 0.773. The van der Waals surface area contributed by atoms with Crippen LogP contribution in [0.1, 0.15) is 25.8 Å². The summed E-state index contributed by atoms with van der Waals surface area (Å²) in [5.41, 5.74) is 1.19. The number of hydrogen-bond acceptors (Lipinski definition) is 1. The van der Waals surface area contributed by atoms with Crippen LogP contribution in [0, 0.1) is 5.92 Å². The van der Waals surface area contributed by atoms with Crippen LogP contribution in [0.5, 0.6) is 0 Å². The summed E-state index contributed by atoms with van der Waals surface area (Å²) in [6, 6.07) is 1.99. The number of hydrogen-bond donors (Lipinski definition) is 0. The molecular weight excluding hydrogens is 261 g/mol. The number of pyridine rings is 1. The van der Waals surface area contributed by atoms with Crippen molar-refractivity contribution in [1.82, 2.24) is 4.98 Å². The fraction of sp³-hybridized carbons (Fsp3) is 0.545. The lowest BCUT2D eigenvalue weighted by Gasteiger charge is -2.16. The van der Waals surface area contributed by atoms with Crippen LogP contribution < -0.4 is 0 Å². The van der Waals surface area contributed by atoms with E-state index in [9.17, 15) is 0 Å². The van der Waals surface area contributed by atoms with Crippen LogP contribution in [0.25, 0.3) is 0 Å². The molecule has 0 aromatic carbocycles. The minimum absolute atomic E-state index is 0.562. The third-order valence-electron chi connectivity index (χ3n) is 2.41. The average Bonchev–Trinajstić information content (AvgIpc) is 2.20. The predicted molar refractivity (Wildman–Crippen MR) is 65.1 cm³/mol. The van der Waals surface area contributed by atoms with Crippen molar-refractivity contribution in [3.63, 3.8) is 0 Å². The molecule has 1 aromatic rings. The molecule has 2 atom stereocenters. The van der Waals surface area contributed by atoms with Crippen molar-refractivity contribution in [2.24, 2.45) is 5.92 Å². The lowest BCUT2D eigenvalue weighted by molar-refractivity contribution is 0.545. The van der Waals surface area contributed by atoms with Crippen molar-refractivity contribution in [2.75, 3.05) is 0 Å². The number of aromatic nitrogens is 1. The Bertz CT molecular complexity index is 290. The third-order valence-corrected chi connectivity index (χ3v) is 4.30. The highest BCUT2D eigenvalue weighted by Gasteiger charge is 2.13. The highest BCUT2D eigenvalue weighted by atomic mass is 79.9. The quantitative estimate of drug-likeness (QED) is 0.755. The zero-order valence-corrected chi connectivity index (χ0v) is 10.8. The summed E-state index contributed by atoms with van der Waals surface area (Å²) >= 11 is 9.70. The molecule has 2 unspecified atom stereocenters. The normalized spacial score (nSPS) is 15.1. The van der Waals surface area contributed by atoms with Gasteiger partial charge in [-0.15, -0.1) is 0 Å². The largest absolute Gasteiger partial charge is 0.263 e. The Hall–Kier alpha value is -0.0800. The minimum atomic E-state index is 0.562. The highest BCUT2D eigenvalue weighted by molar-refractivity contribution is 9.09. The van der Waals surface area contributed by atoms with Gasteiger partial charge in [0.2, 0.25) is 0 Å². The van der Waals surface area contributed by atoms with Gasteiger partial charge in [-0.1, -0.05) is 41.4 Å². The monoisotopic (exact) mass is 275 g/mol. The molecule has 0 fully saturated rings. The van der Waals surface area contributed by atoms with E-state index < -0.39 is 0 Å². The molecule has 0 bridgehead atoms. The first-order chi connectivity index (χ1) is 6.65. The minimum Gasteiger partial charge on any atom is -0.263 e. The van der Waals surface area contributed by atoms with E-state index in [1.807, 2.05) is 6.07 Å². The SMILES string of the molecule is CCC(Br)C(C)Cc1ccncc1Cl. The van der Waals surface area contributed by atoms with Crippen molar-refractivity contribution in [3.05, 3.63) is 29.0 Å². The maximum atomic E-state index is 6.04. The van der Waals surface area contributed by atoms with Gasteiger partial charge in [0.25, 0.3) is 0 Å². The lowest BCUT2D eigenvalue weighted by atomic mass is 9.97. The molecule has 1 aromatic heterocycles. The van der Waals surface area contributed by atoms with Gasteiger partial charge < -0.3 is 0 Å². The molecule has 1 heterocycles. The molecule has 0 amide bonds. The molecule has 0 saturated carbocycles. The molecule has 3 heteroatoms. The van der Waals surface area contributed by atoms with Crippen LogP contribution in [-0.2, 0) is 6.42 Å². The molecule has 0 aliphatic carbocycles. The van der Waals surface area contributed by atoms with E-state index in [2.05, 4.69) is 34.8 Å². The maximum Gasteiger partial charge on any atom is 0.0621 e. The van der Waals surface area contributed by atoms with Crippen LogP contribution in [0.15, 0.2) is 18.5 Å². The van der Waals surface area contributed by atoms with Gasteiger partial charge in [-0.3, -0.25) is 4.98 Å². The van der Waals surface area contributed by atoms with E-state index in [-0.39, 0.29) is 0 Å². The second-order valence-corrected chi connectivity index (χ2v) is 5.16. The lowest BCUT2D eigenvalue weighted by Crippen LogP contribution is -2.12. The average molecular weight is 277 g/mol. The van der Waals surface area contributed by atoms with E-state index in [0.29, 0.717) is 10.7 Å². The van der Waals surface area contributed by atoms with Gasteiger partial charge in [-0.2, -0.15) is 0 Å². The topological polar surface area (TPSA) is 12.9 Å². The van der Waals surface area contributed by atoms with Crippen LogP contribution in [-0.4, -0.2) is 9.81 Å². The molecular formula is C11H15BrClN.